The van der Waals surface area contributed by atoms with Crippen molar-refractivity contribution in [2.45, 2.75) is 45.0 Å². The number of para-hydroxylation sites is 2. The Kier molecular flexibility index (Phi) is 6.01. The molecule has 2 N–H and O–H groups in total. The van der Waals surface area contributed by atoms with Gasteiger partial charge in [-0.2, -0.15) is 0 Å². The second kappa shape index (κ2) is 8.85. The van der Waals surface area contributed by atoms with Crippen LogP contribution in [0.1, 0.15) is 36.9 Å². The predicted molar refractivity (Wildman–Crippen MR) is 114 cm³/mol. The van der Waals surface area contributed by atoms with Gasteiger partial charge in [0.1, 0.15) is 6.04 Å². The SMILES string of the molecule is CC(C(=O)NCc1ccc(CN2CCC(O)CC2)cc1)n1c(=O)oc2ccccc21. The summed E-state index contributed by atoms with van der Waals surface area (Å²) >= 11 is 0. The molecule has 1 aliphatic heterocycles. The normalized spacial score (nSPS) is 16.6. The molecule has 158 valence electrons. The first kappa shape index (κ1) is 20.4. The summed E-state index contributed by atoms with van der Waals surface area (Å²) in [6.07, 6.45) is 1.50. The van der Waals surface area contributed by atoms with E-state index < -0.39 is 11.8 Å². The quantitative estimate of drug-likeness (QED) is 0.653. The number of hydrogen-bond acceptors (Lipinski definition) is 5. The van der Waals surface area contributed by atoms with Crippen molar-refractivity contribution in [1.82, 2.24) is 14.8 Å². The molecule has 1 aromatic heterocycles. The Labute approximate surface area is 174 Å². The summed E-state index contributed by atoms with van der Waals surface area (Å²) in [7, 11) is 0. The Hall–Kier alpha value is -2.90. The van der Waals surface area contributed by atoms with Crippen LogP contribution >= 0.6 is 0 Å². The average molecular weight is 409 g/mol. The van der Waals surface area contributed by atoms with E-state index in [1.165, 1.54) is 10.1 Å². The molecule has 1 amide bonds. The lowest BCUT2D eigenvalue weighted by Gasteiger charge is -2.29. The van der Waals surface area contributed by atoms with E-state index in [4.69, 9.17) is 4.42 Å². The smallest absolute Gasteiger partial charge is 0.408 e. The van der Waals surface area contributed by atoms with Gasteiger partial charge in [0.25, 0.3) is 0 Å². The molecule has 2 heterocycles. The molecule has 1 atom stereocenters. The van der Waals surface area contributed by atoms with E-state index in [0.717, 1.165) is 38.0 Å². The summed E-state index contributed by atoms with van der Waals surface area (Å²) in [5.74, 6) is -0.770. The van der Waals surface area contributed by atoms with Crippen LogP contribution in [0.4, 0.5) is 0 Å². The van der Waals surface area contributed by atoms with E-state index in [2.05, 4.69) is 22.3 Å². The van der Waals surface area contributed by atoms with Crippen LogP contribution < -0.4 is 11.1 Å². The summed E-state index contributed by atoms with van der Waals surface area (Å²) in [5, 5.41) is 12.5. The number of nitrogens with one attached hydrogen (secondary N) is 1. The third-order valence-electron chi connectivity index (χ3n) is 5.74. The van der Waals surface area contributed by atoms with Gasteiger partial charge in [-0.15, -0.1) is 0 Å². The van der Waals surface area contributed by atoms with E-state index >= 15 is 0 Å². The summed E-state index contributed by atoms with van der Waals surface area (Å²) in [5.41, 5.74) is 3.30. The number of benzene rings is 2. The second-order valence-corrected chi connectivity index (χ2v) is 7.92. The number of piperidine rings is 1. The maximum absolute atomic E-state index is 12.6. The predicted octanol–water partition coefficient (Wildman–Crippen LogP) is 2.43. The molecule has 7 heteroatoms. The number of aliphatic hydroxyl groups is 1. The van der Waals surface area contributed by atoms with Gasteiger partial charge in [-0.3, -0.25) is 14.3 Å². The molecule has 1 fully saturated rings. The van der Waals surface area contributed by atoms with Gasteiger partial charge in [-0.1, -0.05) is 36.4 Å². The van der Waals surface area contributed by atoms with Crippen molar-refractivity contribution < 1.29 is 14.3 Å². The Balaban J connectivity index is 1.34. The number of nitrogens with zero attached hydrogens (tertiary/aromatic N) is 2. The number of carbonyl (C=O) groups is 1. The highest BCUT2D eigenvalue weighted by atomic mass is 16.4. The number of aliphatic hydroxyl groups excluding tert-OH is 1. The molecule has 0 aliphatic carbocycles. The topological polar surface area (TPSA) is 87.7 Å². The average Bonchev–Trinajstić information content (AvgIpc) is 3.09. The highest BCUT2D eigenvalue weighted by Gasteiger charge is 2.21. The first-order valence-corrected chi connectivity index (χ1v) is 10.4. The van der Waals surface area contributed by atoms with Crippen LogP contribution in [-0.4, -0.2) is 39.7 Å². The fraction of sp³-hybridized carbons (Fsp3) is 0.391. The minimum Gasteiger partial charge on any atom is -0.408 e. The lowest BCUT2D eigenvalue weighted by Crippen LogP contribution is -2.35. The van der Waals surface area contributed by atoms with Gasteiger partial charge in [0.05, 0.1) is 11.6 Å². The van der Waals surface area contributed by atoms with Crippen LogP contribution in [0.2, 0.25) is 0 Å². The van der Waals surface area contributed by atoms with Crippen LogP contribution in [0.3, 0.4) is 0 Å². The molecule has 1 aliphatic rings. The zero-order valence-electron chi connectivity index (χ0n) is 17.1. The minimum absolute atomic E-state index is 0.162. The highest BCUT2D eigenvalue weighted by molar-refractivity contribution is 5.82. The monoisotopic (exact) mass is 409 g/mol. The van der Waals surface area contributed by atoms with Gasteiger partial charge in [0.2, 0.25) is 5.91 Å². The molecular weight excluding hydrogens is 382 g/mol. The molecule has 7 nitrogen and oxygen atoms in total. The Bertz CT molecular complexity index is 1060. The molecule has 3 aromatic rings. The Morgan fingerprint density at radius 2 is 1.80 bits per heavy atom. The van der Waals surface area contributed by atoms with E-state index in [-0.39, 0.29) is 12.0 Å². The van der Waals surface area contributed by atoms with Gasteiger partial charge in [-0.05, 0) is 43.0 Å². The number of aromatic nitrogens is 1. The van der Waals surface area contributed by atoms with Crippen LogP contribution in [0.25, 0.3) is 11.1 Å². The van der Waals surface area contributed by atoms with E-state index in [1.54, 1.807) is 25.1 Å². The molecule has 1 saturated heterocycles. The zero-order chi connectivity index (χ0) is 21.1. The first-order chi connectivity index (χ1) is 14.5. The van der Waals surface area contributed by atoms with Gasteiger partial charge in [-0.25, -0.2) is 4.79 Å². The van der Waals surface area contributed by atoms with Crippen molar-refractivity contribution in [3.63, 3.8) is 0 Å². The molecular formula is C23H27N3O4. The van der Waals surface area contributed by atoms with Crippen LogP contribution in [0.5, 0.6) is 0 Å². The highest BCUT2D eigenvalue weighted by Crippen LogP contribution is 2.17. The maximum Gasteiger partial charge on any atom is 0.420 e. The molecule has 0 spiro atoms. The molecule has 2 aromatic carbocycles. The van der Waals surface area contributed by atoms with Crippen molar-refractivity contribution in [2.75, 3.05) is 13.1 Å². The third-order valence-corrected chi connectivity index (χ3v) is 5.74. The molecule has 30 heavy (non-hydrogen) atoms. The zero-order valence-corrected chi connectivity index (χ0v) is 17.1. The van der Waals surface area contributed by atoms with E-state index in [1.807, 2.05) is 18.2 Å². The number of rotatable bonds is 6. The second-order valence-electron chi connectivity index (χ2n) is 7.92. The molecule has 0 radical (unpaired) electrons. The molecule has 0 bridgehead atoms. The maximum atomic E-state index is 12.6. The number of carbonyl (C=O) groups excluding carboxylic acids is 1. The Morgan fingerprint density at radius 1 is 1.13 bits per heavy atom. The van der Waals surface area contributed by atoms with Crippen LogP contribution in [0, 0.1) is 0 Å². The van der Waals surface area contributed by atoms with Crippen molar-refractivity contribution in [3.8, 4) is 0 Å². The van der Waals surface area contributed by atoms with E-state index in [9.17, 15) is 14.7 Å². The van der Waals surface area contributed by atoms with Gasteiger partial charge in [0.15, 0.2) is 5.58 Å². The van der Waals surface area contributed by atoms with Crippen LogP contribution in [0.15, 0.2) is 57.7 Å². The summed E-state index contributed by atoms with van der Waals surface area (Å²) in [6, 6.07) is 14.6. The van der Waals surface area contributed by atoms with Crippen molar-refractivity contribution in [3.05, 3.63) is 70.2 Å². The number of oxazole rings is 1. The van der Waals surface area contributed by atoms with Crippen molar-refractivity contribution in [1.29, 1.82) is 0 Å². The van der Waals surface area contributed by atoms with Gasteiger partial charge >= 0.3 is 5.76 Å². The Morgan fingerprint density at radius 3 is 2.53 bits per heavy atom. The number of fused-ring (bicyclic) bond motifs is 1. The fourth-order valence-corrected chi connectivity index (χ4v) is 3.90. The summed E-state index contributed by atoms with van der Waals surface area (Å²) in [4.78, 5) is 27.1. The lowest BCUT2D eigenvalue weighted by atomic mass is 10.1. The van der Waals surface area contributed by atoms with Gasteiger partial charge in [0, 0.05) is 26.2 Å². The standard InChI is InChI=1S/C23H27N3O4/c1-16(26-20-4-2-3-5-21(20)30-23(26)29)22(28)24-14-17-6-8-18(9-7-17)15-25-12-10-19(27)11-13-25/h2-9,16,19,27H,10-15H2,1H3,(H,24,28). The van der Waals surface area contributed by atoms with Crippen LogP contribution in [-0.2, 0) is 17.9 Å². The lowest BCUT2D eigenvalue weighted by molar-refractivity contribution is -0.124. The molecule has 0 saturated carbocycles. The number of hydrogen-bond donors (Lipinski definition) is 2. The molecule has 4 rings (SSSR count). The fourth-order valence-electron chi connectivity index (χ4n) is 3.90. The van der Waals surface area contributed by atoms with Crippen molar-refractivity contribution in [2.24, 2.45) is 0 Å². The van der Waals surface area contributed by atoms with E-state index in [0.29, 0.717) is 17.6 Å². The summed E-state index contributed by atoms with van der Waals surface area (Å²) in [6.45, 7) is 4.78. The molecule has 1 unspecified atom stereocenters. The third kappa shape index (κ3) is 4.47. The van der Waals surface area contributed by atoms with Crippen molar-refractivity contribution >= 4 is 17.0 Å². The van der Waals surface area contributed by atoms with Gasteiger partial charge < -0.3 is 14.8 Å². The first-order valence-electron chi connectivity index (χ1n) is 10.4. The number of amides is 1. The number of likely N-dealkylation sites (tertiary alicyclic amines) is 1. The summed E-state index contributed by atoms with van der Waals surface area (Å²) < 4.78 is 6.60. The minimum atomic E-state index is -0.671. The largest absolute Gasteiger partial charge is 0.420 e.